The van der Waals surface area contributed by atoms with Crippen LogP contribution in [0, 0.1) is 4.91 Å². The number of hydrogen-bond acceptors (Lipinski definition) is 4. The van der Waals surface area contributed by atoms with Crippen LogP contribution in [0.1, 0.15) is 51.9 Å². The number of carboxylic acid groups (broad SMARTS) is 1. The van der Waals surface area contributed by atoms with E-state index in [2.05, 4.69) is 17.9 Å². The molecule has 7 nitrogen and oxygen atoms in total. The highest BCUT2D eigenvalue weighted by Gasteiger charge is 1.97. The summed E-state index contributed by atoms with van der Waals surface area (Å²) < 4.78 is 0. The monoisotopic (exact) mass is 261 g/mol. The molecule has 106 valence electrons. The number of hydrogen-bond donors (Lipinski definition) is 2. The number of carboxylic acids is 1. The summed E-state index contributed by atoms with van der Waals surface area (Å²) in [6.45, 7) is 2.18. The van der Waals surface area contributed by atoms with Gasteiger partial charge in [-0.05, 0) is 6.42 Å². The molecule has 0 heterocycles. The van der Waals surface area contributed by atoms with Gasteiger partial charge in [0.05, 0.1) is 5.29 Å². The van der Waals surface area contributed by atoms with Gasteiger partial charge < -0.3 is 10.8 Å². The molecule has 0 aromatic carbocycles. The second kappa shape index (κ2) is 13.4. The number of aliphatic carboxylic acids is 1. The summed E-state index contributed by atoms with van der Waals surface area (Å²) in [5, 5.41) is 11.0. The molecule has 0 atom stereocenters. The summed E-state index contributed by atoms with van der Waals surface area (Å²) in [4.78, 5) is 29.2. The molecule has 0 aromatic heterocycles. The smallest absolute Gasteiger partial charge is 0.337 e. The van der Waals surface area contributed by atoms with Gasteiger partial charge in [-0.2, -0.15) is 5.01 Å². The van der Waals surface area contributed by atoms with Crippen LogP contribution in [-0.2, 0) is 4.79 Å². The number of primary amides is 1. The molecular formula is C11H23N3O4. The van der Waals surface area contributed by atoms with Gasteiger partial charge in [0.2, 0.25) is 0 Å². The van der Waals surface area contributed by atoms with Gasteiger partial charge in [-0.1, -0.05) is 39.0 Å². The van der Waals surface area contributed by atoms with E-state index in [1.165, 1.54) is 32.7 Å². The quantitative estimate of drug-likeness (QED) is 0.397. The Hall–Kier alpha value is -1.66. The van der Waals surface area contributed by atoms with Crippen molar-refractivity contribution in [3.63, 3.8) is 0 Å². The number of urea groups is 1. The Kier molecular flexibility index (Phi) is 13.9. The number of nitrogens with two attached hydrogens (primary N) is 1. The van der Waals surface area contributed by atoms with Crippen molar-refractivity contribution in [3.8, 4) is 0 Å². The Bertz CT molecular complexity index is 246. The minimum atomic E-state index is -0.852. The molecule has 0 bridgehead atoms. The fraction of sp³-hybridized carbons (Fsp3) is 0.818. The van der Waals surface area contributed by atoms with E-state index in [1.54, 1.807) is 0 Å². The minimum Gasteiger partial charge on any atom is -0.481 e. The first-order chi connectivity index (χ1) is 8.45. The SMILES string of the molecule is CCCCCCCCC(=O)O.CN(N=O)C(N)=O. The first kappa shape index (κ1) is 18.7. The van der Waals surface area contributed by atoms with Crippen LogP contribution >= 0.6 is 0 Å². The van der Waals surface area contributed by atoms with E-state index >= 15 is 0 Å². The maximum atomic E-state index is 10.1. The van der Waals surface area contributed by atoms with Gasteiger partial charge in [0.15, 0.2) is 0 Å². The Labute approximate surface area is 107 Å². The summed E-state index contributed by atoms with van der Waals surface area (Å²) in [7, 11) is 1.18. The van der Waals surface area contributed by atoms with Crippen LogP contribution in [0.15, 0.2) is 5.29 Å². The zero-order valence-electron chi connectivity index (χ0n) is 11.1. The molecule has 0 spiro atoms. The third-order valence-electron chi connectivity index (χ3n) is 2.19. The molecule has 0 saturated heterocycles. The van der Waals surface area contributed by atoms with Crippen LogP contribution < -0.4 is 5.73 Å². The van der Waals surface area contributed by atoms with Crippen molar-refractivity contribution < 1.29 is 14.7 Å². The van der Waals surface area contributed by atoms with Crippen LogP contribution in [0.3, 0.4) is 0 Å². The lowest BCUT2D eigenvalue weighted by molar-refractivity contribution is -0.137. The van der Waals surface area contributed by atoms with Crippen molar-refractivity contribution in [2.45, 2.75) is 51.9 Å². The number of carbonyl (C=O) groups excluding carboxylic acids is 1. The first-order valence-corrected chi connectivity index (χ1v) is 6.03. The third kappa shape index (κ3) is 16.8. The summed E-state index contributed by atoms with van der Waals surface area (Å²) in [6, 6.07) is -0.852. The third-order valence-corrected chi connectivity index (χ3v) is 2.19. The Morgan fingerprint density at radius 3 is 2.00 bits per heavy atom. The summed E-state index contributed by atoms with van der Waals surface area (Å²) in [5.41, 5.74) is 4.54. The minimum absolute atomic E-state index is 0.339. The number of nitroso groups, excluding NO2 is 1. The van der Waals surface area contributed by atoms with Crippen molar-refractivity contribution in [2.75, 3.05) is 7.05 Å². The van der Waals surface area contributed by atoms with Crippen molar-refractivity contribution in [1.29, 1.82) is 0 Å². The standard InChI is InChI=1S/C9H18O2.C2H5N3O2/c1-2-3-4-5-6-7-8-9(10)11;1-5(4-7)2(3)6/h2-8H2,1H3,(H,10,11);1H3,(H2,3,6). The molecule has 0 aliphatic carbocycles. The van der Waals surface area contributed by atoms with Crippen LogP contribution in [0.5, 0.6) is 0 Å². The average molecular weight is 261 g/mol. The number of amides is 2. The number of nitrogens with zero attached hydrogens (tertiary/aromatic N) is 2. The summed E-state index contributed by atoms with van der Waals surface area (Å²) in [5.74, 6) is -0.666. The van der Waals surface area contributed by atoms with E-state index in [9.17, 15) is 14.5 Å². The van der Waals surface area contributed by atoms with Gasteiger partial charge in [0.25, 0.3) is 0 Å². The highest BCUT2D eigenvalue weighted by Crippen LogP contribution is 2.06. The van der Waals surface area contributed by atoms with Gasteiger partial charge >= 0.3 is 12.0 Å². The van der Waals surface area contributed by atoms with E-state index in [0.717, 1.165) is 12.8 Å². The van der Waals surface area contributed by atoms with Gasteiger partial charge in [-0.15, -0.1) is 4.91 Å². The lowest BCUT2D eigenvalue weighted by atomic mass is 10.1. The highest BCUT2D eigenvalue weighted by molar-refractivity contribution is 5.71. The second-order valence-corrected chi connectivity index (χ2v) is 3.85. The molecule has 0 aliphatic heterocycles. The maximum absolute atomic E-state index is 10.1. The van der Waals surface area contributed by atoms with Crippen molar-refractivity contribution in [3.05, 3.63) is 4.91 Å². The molecule has 0 aliphatic rings. The topological polar surface area (TPSA) is 113 Å². The normalized spacial score (nSPS) is 9.00. The lowest BCUT2D eigenvalue weighted by Crippen LogP contribution is -2.26. The zero-order valence-corrected chi connectivity index (χ0v) is 11.1. The summed E-state index contributed by atoms with van der Waals surface area (Å²) in [6.07, 6.45) is 7.25. The van der Waals surface area contributed by atoms with E-state index in [0.29, 0.717) is 11.4 Å². The Balaban J connectivity index is 0. The molecule has 3 N–H and O–H groups in total. The van der Waals surface area contributed by atoms with E-state index in [4.69, 9.17) is 5.11 Å². The lowest BCUT2D eigenvalue weighted by Gasteiger charge is -1.97. The first-order valence-electron chi connectivity index (χ1n) is 6.03. The van der Waals surface area contributed by atoms with Gasteiger partial charge in [-0.3, -0.25) is 4.79 Å². The average Bonchev–Trinajstić information content (AvgIpc) is 2.33. The van der Waals surface area contributed by atoms with Gasteiger partial charge in [0.1, 0.15) is 0 Å². The molecule has 0 rings (SSSR count). The van der Waals surface area contributed by atoms with E-state index in [-0.39, 0.29) is 0 Å². The molecule has 0 aromatic rings. The maximum Gasteiger partial charge on any atom is 0.337 e. The number of carbonyl (C=O) groups is 2. The number of rotatable bonds is 8. The summed E-state index contributed by atoms with van der Waals surface area (Å²) >= 11 is 0. The van der Waals surface area contributed by atoms with Crippen molar-refractivity contribution >= 4 is 12.0 Å². The zero-order chi connectivity index (χ0) is 14.4. The molecule has 7 heteroatoms. The van der Waals surface area contributed by atoms with E-state index in [1.807, 2.05) is 0 Å². The van der Waals surface area contributed by atoms with Crippen molar-refractivity contribution in [2.24, 2.45) is 11.0 Å². The van der Waals surface area contributed by atoms with Crippen LogP contribution in [0.4, 0.5) is 4.79 Å². The fourth-order valence-electron chi connectivity index (χ4n) is 1.10. The molecule has 0 fully saturated rings. The molecule has 0 saturated carbocycles. The predicted octanol–water partition coefficient (Wildman–Crippen LogP) is 2.50. The highest BCUT2D eigenvalue weighted by atomic mass is 16.4. The Morgan fingerprint density at radius 1 is 1.17 bits per heavy atom. The number of unbranched alkanes of at least 4 members (excludes halogenated alkanes) is 5. The molecule has 18 heavy (non-hydrogen) atoms. The molecule has 2 amide bonds. The van der Waals surface area contributed by atoms with Gasteiger partial charge in [0, 0.05) is 13.5 Å². The van der Waals surface area contributed by atoms with Gasteiger partial charge in [-0.25, -0.2) is 4.79 Å². The fourth-order valence-corrected chi connectivity index (χ4v) is 1.10. The van der Waals surface area contributed by atoms with Crippen LogP contribution in [0.25, 0.3) is 0 Å². The molecule has 0 radical (unpaired) electrons. The van der Waals surface area contributed by atoms with Crippen LogP contribution in [-0.4, -0.2) is 29.2 Å². The predicted molar refractivity (Wildman–Crippen MR) is 68.8 cm³/mol. The molecular weight excluding hydrogens is 238 g/mol. The largest absolute Gasteiger partial charge is 0.481 e. The van der Waals surface area contributed by atoms with Crippen molar-refractivity contribution in [1.82, 2.24) is 5.01 Å². The Morgan fingerprint density at radius 2 is 1.67 bits per heavy atom. The van der Waals surface area contributed by atoms with Crippen LogP contribution in [0.2, 0.25) is 0 Å². The van der Waals surface area contributed by atoms with E-state index < -0.39 is 12.0 Å². The second-order valence-electron chi connectivity index (χ2n) is 3.85. The molecule has 0 unspecified atom stereocenters.